The summed E-state index contributed by atoms with van der Waals surface area (Å²) >= 11 is 0. The number of halogens is 3. The number of aryl methyl sites for hydroxylation is 1. The van der Waals surface area contributed by atoms with Gasteiger partial charge in [0.15, 0.2) is 6.61 Å². The van der Waals surface area contributed by atoms with E-state index in [1.807, 2.05) is 0 Å². The van der Waals surface area contributed by atoms with Crippen LogP contribution in [0.15, 0.2) is 30.7 Å². The van der Waals surface area contributed by atoms with E-state index in [1.165, 1.54) is 12.3 Å². The van der Waals surface area contributed by atoms with Gasteiger partial charge in [-0.25, -0.2) is 4.98 Å². The van der Waals surface area contributed by atoms with E-state index in [2.05, 4.69) is 20.7 Å². The van der Waals surface area contributed by atoms with Gasteiger partial charge in [0, 0.05) is 37.1 Å². The monoisotopic (exact) mass is 357 g/mol. The van der Waals surface area contributed by atoms with Crippen LogP contribution in [-0.4, -0.2) is 40.5 Å². The molecule has 10 heteroatoms. The second kappa shape index (κ2) is 7.97. The Morgan fingerprint density at radius 3 is 2.80 bits per heavy atom. The fraction of sp³-hybridized carbons (Fsp3) is 0.400. The van der Waals surface area contributed by atoms with Gasteiger partial charge in [-0.05, 0) is 13.1 Å². The molecule has 0 spiro atoms. The molecule has 2 heterocycles. The van der Waals surface area contributed by atoms with Gasteiger partial charge in [0.1, 0.15) is 6.04 Å². The minimum atomic E-state index is -4.46. The molecule has 2 rings (SSSR count). The van der Waals surface area contributed by atoms with Crippen molar-refractivity contribution in [3.05, 3.63) is 41.9 Å². The molecule has 0 radical (unpaired) electrons. The molecular formula is C15H18F3N5O2. The highest BCUT2D eigenvalue weighted by molar-refractivity contribution is 5.83. The molecule has 1 amide bonds. The molecule has 1 atom stereocenters. The van der Waals surface area contributed by atoms with Crippen LogP contribution in [0, 0.1) is 0 Å². The lowest BCUT2D eigenvalue weighted by Gasteiger charge is -2.16. The molecule has 0 fully saturated rings. The molecule has 0 saturated carbocycles. The smallest absolute Gasteiger partial charge is 0.422 e. The lowest BCUT2D eigenvalue weighted by atomic mass is 10.1. The van der Waals surface area contributed by atoms with Crippen molar-refractivity contribution in [2.24, 2.45) is 7.05 Å². The average molecular weight is 357 g/mol. The number of amides is 1. The van der Waals surface area contributed by atoms with Crippen LogP contribution in [0.4, 0.5) is 13.2 Å². The summed E-state index contributed by atoms with van der Waals surface area (Å²) in [7, 11) is 3.35. The van der Waals surface area contributed by atoms with Crippen molar-refractivity contribution in [2.45, 2.75) is 18.8 Å². The van der Waals surface area contributed by atoms with Crippen molar-refractivity contribution in [3.8, 4) is 5.88 Å². The predicted octanol–water partition coefficient (Wildman–Crippen LogP) is 1.33. The average Bonchev–Trinajstić information content (AvgIpc) is 2.98. The predicted molar refractivity (Wildman–Crippen MR) is 82.6 cm³/mol. The first-order chi connectivity index (χ1) is 11.8. The van der Waals surface area contributed by atoms with Gasteiger partial charge in [0.2, 0.25) is 11.8 Å². The van der Waals surface area contributed by atoms with Crippen LogP contribution in [0.5, 0.6) is 5.88 Å². The van der Waals surface area contributed by atoms with Gasteiger partial charge in [-0.1, -0.05) is 6.07 Å². The summed E-state index contributed by atoms with van der Waals surface area (Å²) in [6, 6.07) is 2.46. The van der Waals surface area contributed by atoms with E-state index >= 15 is 0 Å². The zero-order valence-corrected chi connectivity index (χ0v) is 13.7. The van der Waals surface area contributed by atoms with Crippen molar-refractivity contribution >= 4 is 5.91 Å². The van der Waals surface area contributed by atoms with Crippen molar-refractivity contribution in [1.29, 1.82) is 0 Å². The highest BCUT2D eigenvalue weighted by Gasteiger charge is 2.29. The first-order valence-electron chi connectivity index (χ1n) is 7.37. The molecule has 0 aliphatic carbocycles. The number of aromatic nitrogens is 3. The summed E-state index contributed by atoms with van der Waals surface area (Å²) in [4.78, 5) is 16.1. The van der Waals surface area contributed by atoms with Crippen LogP contribution < -0.4 is 15.4 Å². The molecule has 0 bridgehead atoms. The van der Waals surface area contributed by atoms with Gasteiger partial charge in [0.05, 0.1) is 6.20 Å². The molecule has 2 N–H and O–H groups in total. The van der Waals surface area contributed by atoms with Gasteiger partial charge < -0.3 is 15.4 Å². The van der Waals surface area contributed by atoms with Crippen molar-refractivity contribution in [2.75, 3.05) is 13.7 Å². The molecule has 0 aromatic carbocycles. The molecule has 2 aromatic rings. The summed E-state index contributed by atoms with van der Waals surface area (Å²) < 4.78 is 43.1. The quantitative estimate of drug-likeness (QED) is 0.782. The number of pyridine rings is 1. The Morgan fingerprint density at radius 2 is 2.20 bits per heavy atom. The van der Waals surface area contributed by atoms with Crippen LogP contribution >= 0.6 is 0 Å². The van der Waals surface area contributed by atoms with Gasteiger partial charge in [0.25, 0.3) is 0 Å². The SMILES string of the molecule is CNC(C(=O)NCc1cccnc1OCC(F)(F)F)c1cnn(C)c1. The molecule has 7 nitrogen and oxygen atoms in total. The lowest BCUT2D eigenvalue weighted by Crippen LogP contribution is -2.35. The number of nitrogens with one attached hydrogen (secondary N) is 2. The van der Waals surface area contributed by atoms with Crippen LogP contribution in [-0.2, 0) is 18.4 Å². The number of hydrogen-bond acceptors (Lipinski definition) is 5. The molecule has 0 saturated heterocycles. The first kappa shape index (κ1) is 18.7. The third-order valence-electron chi connectivity index (χ3n) is 3.28. The van der Waals surface area contributed by atoms with Crippen molar-refractivity contribution < 1.29 is 22.7 Å². The number of ether oxygens (including phenoxy) is 1. The molecule has 0 aliphatic heterocycles. The largest absolute Gasteiger partial charge is 0.468 e. The molecule has 136 valence electrons. The van der Waals surface area contributed by atoms with Crippen molar-refractivity contribution in [1.82, 2.24) is 25.4 Å². The van der Waals surface area contributed by atoms with Gasteiger partial charge in [-0.3, -0.25) is 9.48 Å². The standard InChI is InChI=1S/C15H18F3N5O2/c1-19-12(11-7-22-23(2)8-11)13(24)21-6-10-4-3-5-20-14(10)25-9-15(16,17)18/h3-5,7-8,12,19H,6,9H2,1-2H3,(H,21,24). The summed E-state index contributed by atoms with van der Waals surface area (Å²) in [6.07, 6.45) is 0.115. The van der Waals surface area contributed by atoms with Crippen LogP contribution in [0.1, 0.15) is 17.2 Å². The van der Waals surface area contributed by atoms with E-state index in [0.717, 1.165) is 0 Å². The maximum Gasteiger partial charge on any atom is 0.422 e. The Bertz CT molecular complexity index is 717. The van der Waals surface area contributed by atoms with E-state index in [0.29, 0.717) is 11.1 Å². The number of alkyl halides is 3. The number of rotatable bonds is 7. The molecular weight excluding hydrogens is 339 g/mol. The molecule has 0 aliphatic rings. The molecule has 1 unspecified atom stereocenters. The third-order valence-corrected chi connectivity index (χ3v) is 3.28. The highest BCUT2D eigenvalue weighted by atomic mass is 19.4. The van der Waals surface area contributed by atoms with E-state index < -0.39 is 18.8 Å². The molecule has 2 aromatic heterocycles. The third kappa shape index (κ3) is 5.45. The van der Waals surface area contributed by atoms with Crippen LogP contribution in [0.3, 0.4) is 0 Å². The molecule has 25 heavy (non-hydrogen) atoms. The first-order valence-corrected chi connectivity index (χ1v) is 7.37. The Kier molecular flexibility index (Phi) is 5.97. The Hall–Kier alpha value is -2.62. The second-order valence-corrected chi connectivity index (χ2v) is 5.26. The van der Waals surface area contributed by atoms with Crippen molar-refractivity contribution in [3.63, 3.8) is 0 Å². The van der Waals surface area contributed by atoms with Gasteiger partial charge >= 0.3 is 6.18 Å². The Labute approximate surface area is 142 Å². The summed E-state index contributed by atoms with van der Waals surface area (Å²) in [5.74, 6) is -0.511. The normalized spacial score (nSPS) is 12.7. The Morgan fingerprint density at radius 1 is 1.44 bits per heavy atom. The number of likely N-dealkylation sites (N-methyl/N-ethyl adjacent to an activating group) is 1. The lowest BCUT2D eigenvalue weighted by molar-refractivity contribution is -0.154. The fourth-order valence-electron chi connectivity index (χ4n) is 2.16. The highest BCUT2D eigenvalue weighted by Crippen LogP contribution is 2.20. The minimum absolute atomic E-state index is 0.0156. The van der Waals surface area contributed by atoms with Crippen LogP contribution in [0.2, 0.25) is 0 Å². The zero-order chi connectivity index (χ0) is 18.4. The fourth-order valence-corrected chi connectivity index (χ4v) is 2.16. The van der Waals surface area contributed by atoms with E-state index in [9.17, 15) is 18.0 Å². The number of nitrogens with zero attached hydrogens (tertiary/aromatic N) is 3. The van der Waals surface area contributed by atoms with Gasteiger partial charge in [-0.2, -0.15) is 18.3 Å². The van der Waals surface area contributed by atoms with E-state index in [-0.39, 0.29) is 18.3 Å². The zero-order valence-electron chi connectivity index (χ0n) is 13.7. The van der Waals surface area contributed by atoms with E-state index in [4.69, 9.17) is 4.74 Å². The van der Waals surface area contributed by atoms with Gasteiger partial charge in [-0.15, -0.1) is 0 Å². The Balaban J connectivity index is 2.01. The number of carbonyl (C=O) groups excluding carboxylic acids is 1. The summed E-state index contributed by atoms with van der Waals surface area (Å²) in [5.41, 5.74) is 1.02. The minimum Gasteiger partial charge on any atom is -0.468 e. The second-order valence-electron chi connectivity index (χ2n) is 5.26. The summed E-state index contributed by atoms with van der Waals surface area (Å²) in [6.45, 7) is -1.46. The summed E-state index contributed by atoms with van der Waals surface area (Å²) in [5, 5.41) is 9.53. The number of carbonyl (C=O) groups is 1. The maximum atomic E-state index is 12.3. The topological polar surface area (TPSA) is 81.1 Å². The maximum absolute atomic E-state index is 12.3. The number of hydrogen-bond donors (Lipinski definition) is 2. The van der Waals surface area contributed by atoms with Crippen LogP contribution in [0.25, 0.3) is 0 Å². The van der Waals surface area contributed by atoms with E-state index in [1.54, 1.807) is 37.2 Å².